The van der Waals surface area contributed by atoms with Crippen LogP contribution in [0.15, 0.2) is 18.2 Å². The van der Waals surface area contributed by atoms with E-state index in [4.69, 9.17) is 15.2 Å². The van der Waals surface area contributed by atoms with Crippen LogP contribution in [0.1, 0.15) is 24.5 Å². The van der Waals surface area contributed by atoms with Gasteiger partial charge in [0, 0.05) is 11.6 Å². The Morgan fingerprint density at radius 2 is 1.69 bits per heavy atom. The van der Waals surface area contributed by atoms with Crippen LogP contribution in [0.25, 0.3) is 0 Å². The first kappa shape index (κ1) is 11.2. The van der Waals surface area contributed by atoms with Gasteiger partial charge in [0.05, 0.1) is 20.3 Å². The zero-order valence-corrected chi connectivity index (χ0v) is 9.56. The van der Waals surface area contributed by atoms with Crippen molar-refractivity contribution in [2.75, 3.05) is 14.2 Å². The third-order valence-corrected chi connectivity index (χ3v) is 3.06. The molecule has 16 heavy (non-hydrogen) atoms. The molecule has 0 radical (unpaired) electrons. The highest BCUT2D eigenvalue weighted by Gasteiger charge is 2.46. The van der Waals surface area contributed by atoms with Crippen molar-refractivity contribution >= 4 is 0 Å². The first-order chi connectivity index (χ1) is 7.59. The minimum Gasteiger partial charge on any atom is -0.497 e. The van der Waals surface area contributed by atoms with E-state index in [0.717, 1.165) is 18.4 Å². The summed E-state index contributed by atoms with van der Waals surface area (Å²) in [6.45, 7) is 0. The van der Waals surface area contributed by atoms with Gasteiger partial charge in [0.2, 0.25) is 0 Å². The minimum absolute atomic E-state index is 0.461. The second kappa shape index (κ2) is 3.96. The molecule has 0 aliphatic heterocycles. The summed E-state index contributed by atoms with van der Waals surface area (Å²) in [5, 5.41) is 10.1. The normalized spacial score (nSPS) is 19.0. The van der Waals surface area contributed by atoms with Crippen molar-refractivity contribution in [3.8, 4) is 11.5 Å². The van der Waals surface area contributed by atoms with Gasteiger partial charge < -0.3 is 20.3 Å². The Labute approximate surface area is 95.0 Å². The smallest absolute Gasteiger partial charge is 0.122 e. The Morgan fingerprint density at radius 3 is 2.06 bits per heavy atom. The monoisotopic (exact) mass is 223 g/mol. The molecule has 0 spiro atoms. The summed E-state index contributed by atoms with van der Waals surface area (Å²) in [5.41, 5.74) is 6.26. The van der Waals surface area contributed by atoms with Gasteiger partial charge in [-0.1, -0.05) is 0 Å². The number of hydrogen-bond donors (Lipinski definition) is 2. The number of aliphatic hydroxyl groups excluding tert-OH is 1. The largest absolute Gasteiger partial charge is 0.497 e. The van der Waals surface area contributed by atoms with E-state index in [1.165, 1.54) is 0 Å². The number of methoxy groups -OCH3 is 2. The molecule has 4 heteroatoms. The van der Waals surface area contributed by atoms with Crippen molar-refractivity contribution in [1.29, 1.82) is 0 Å². The van der Waals surface area contributed by atoms with Crippen molar-refractivity contribution in [2.45, 2.75) is 24.5 Å². The quantitative estimate of drug-likeness (QED) is 0.805. The molecular weight excluding hydrogens is 206 g/mol. The highest BCUT2D eigenvalue weighted by atomic mass is 16.5. The van der Waals surface area contributed by atoms with Gasteiger partial charge in [-0.05, 0) is 30.5 Å². The fourth-order valence-corrected chi connectivity index (χ4v) is 1.74. The van der Waals surface area contributed by atoms with E-state index in [1.807, 2.05) is 0 Å². The number of rotatable bonds is 4. The van der Waals surface area contributed by atoms with Crippen molar-refractivity contribution in [3.05, 3.63) is 23.8 Å². The molecule has 1 aliphatic carbocycles. The van der Waals surface area contributed by atoms with Gasteiger partial charge in [0.1, 0.15) is 11.5 Å². The number of hydrogen-bond acceptors (Lipinski definition) is 4. The summed E-state index contributed by atoms with van der Waals surface area (Å²) < 4.78 is 10.3. The molecule has 3 N–H and O–H groups in total. The maximum Gasteiger partial charge on any atom is 0.122 e. The molecule has 1 atom stereocenters. The molecule has 0 aromatic heterocycles. The maximum atomic E-state index is 10.1. The summed E-state index contributed by atoms with van der Waals surface area (Å²) in [5.74, 6) is 1.33. The predicted octanol–water partition coefficient (Wildman–Crippen LogP) is 1.23. The third-order valence-electron chi connectivity index (χ3n) is 3.06. The number of aliphatic hydroxyl groups is 1. The van der Waals surface area contributed by atoms with Gasteiger partial charge in [0.25, 0.3) is 0 Å². The van der Waals surface area contributed by atoms with E-state index in [9.17, 15) is 5.11 Å². The molecule has 1 aromatic carbocycles. The molecule has 1 aromatic rings. The summed E-state index contributed by atoms with van der Waals surface area (Å²) in [4.78, 5) is 0. The van der Waals surface area contributed by atoms with Gasteiger partial charge in [-0.2, -0.15) is 0 Å². The number of nitrogens with two attached hydrogens (primary N) is 1. The average molecular weight is 223 g/mol. The SMILES string of the molecule is COc1cc(OC)cc(C(O)C2(N)CC2)c1. The molecule has 4 nitrogen and oxygen atoms in total. The van der Waals surface area contributed by atoms with Crippen molar-refractivity contribution in [3.63, 3.8) is 0 Å². The van der Waals surface area contributed by atoms with E-state index in [1.54, 1.807) is 32.4 Å². The molecule has 88 valence electrons. The number of ether oxygens (including phenoxy) is 2. The highest BCUT2D eigenvalue weighted by molar-refractivity contribution is 5.41. The fraction of sp³-hybridized carbons (Fsp3) is 0.500. The standard InChI is InChI=1S/C12H17NO3/c1-15-9-5-8(6-10(7-9)16-2)11(14)12(13)3-4-12/h5-7,11,14H,3-4,13H2,1-2H3. The van der Waals surface area contributed by atoms with Gasteiger partial charge in [-0.25, -0.2) is 0 Å². The molecule has 1 aliphatic rings. The predicted molar refractivity (Wildman–Crippen MR) is 60.7 cm³/mol. The molecule has 0 amide bonds. The second-order valence-electron chi connectivity index (χ2n) is 4.28. The van der Waals surface area contributed by atoms with E-state index in [2.05, 4.69) is 0 Å². The Morgan fingerprint density at radius 1 is 1.19 bits per heavy atom. The number of benzene rings is 1. The van der Waals surface area contributed by atoms with E-state index in [-0.39, 0.29) is 0 Å². The molecule has 0 saturated heterocycles. The van der Waals surface area contributed by atoms with Gasteiger partial charge in [-0.3, -0.25) is 0 Å². The van der Waals surface area contributed by atoms with Crippen LogP contribution in [0.2, 0.25) is 0 Å². The summed E-state index contributed by atoms with van der Waals surface area (Å²) in [6.07, 6.45) is 1.05. The van der Waals surface area contributed by atoms with Crippen LogP contribution >= 0.6 is 0 Å². The van der Waals surface area contributed by atoms with Crippen LogP contribution in [0, 0.1) is 0 Å². The van der Waals surface area contributed by atoms with Crippen LogP contribution in [0.3, 0.4) is 0 Å². The Bertz CT molecular complexity index is 366. The fourth-order valence-electron chi connectivity index (χ4n) is 1.74. The van der Waals surface area contributed by atoms with Crippen LogP contribution in [0.4, 0.5) is 0 Å². The summed E-state index contributed by atoms with van der Waals surface area (Å²) in [7, 11) is 3.17. The molecule has 1 unspecified atom stereocenters. The Hall–Kier alpha value is -1.26. The maximum absolute atomic E-state index is 10.1. The molecule has 1 saturated carbocycles. The molecular formula is C12H17NO3. The van der Waals surface area contributed by atoms with E-state index < -0.39 is 11.6 Å². The van der Waals surface area contributed by atoms with E-state index >= 15 is 0 Å². The third kappa shape index (κ3) is 1.99. The first-order valence-electron chi connectivity index (χ1n) is 5.29. The van der Waals surface area contributed by atoms with Gasteiger partial charge in [0.15, 0.2) is 0 Å². The van der Waals surface area contributed by atoms with E-state index in [0.29, 0.717) is 11.5 Å². The van der Waals surface area contributed by atoms with Crippen LogP contribution in [-0.2, 0) is 0 Å². The second-order valence-corrected chi connectivity index (χ2v) is 4.28. The van der Waals surface area contributed by atoms with Crippen LogP contribution in [0.5, 0.6) is 11.5 Å². The van der Waals surface area contributed by atoms with Crippen molar-refractivity contribution in [1.82, 2.24) is 0 Å². The molecule has 2 rings (SSSR count). The molecule has 0 heterocycles. The van der Waals surface area contributed by atoms with Gasteiger partial charge in [-0.15, -0.1) is 0 Å². The Kier molecular flexibility index (Phi) is 2.78. The Balaban J connectivity index is 2.32. The topological polar surface area (TPSA) is 64.7 Å². The minimum atomic E-state index is -0.656. The lowest BCUT2D eigenvalue weighted by Crippen LogP contribution is -2.30. The zero-order chi connectivity index (χ0) is 11.8. The van der Waals surface area contributed by atoms with Crippen molar-refractivity contribution < 1.29 is 14.6 Å². The lowest BCUT2D eigenvalue weighted by molar-refractivity contribution is 0.135. The average Bonchev–Trinajstić information content (AvgIpc) is 3.06. The van der Waals surface area contributed by atoms with Crippen LogP contribution < -0.4 is 15.2 Å². The lowest BCUT2D eigenvalue weighted by Gasteiger charge is -2.19. The zero-order valence-electron chi connectivity index (χ0n) is 9.56. The lowest BCUT2D eigenvalue weighted by atomic mass is 10.0. The van der Waals surface area contributed by atoms with Crippen LogP contribution in [-0.4, -0.2) is 24.9 Å². The molecule has 0 bridgehead atoms. The summed E-state index contributed by atoms with van der Waals surface area (Å²) in [6, 6.07) is 5.35. The van der Waals surface area contributed by atoms with Crippen molar-refractivity contribution in [2.24, 2.45) is 5.73 Å². The van der Waals surface area contributed by atoms with Gasteiger partial charge >= 0.3 is 0 Å². The summed E-state index contributed by atoms with van der Waals surface area (Å²) >= 11 is 0. The first-order valence-corrected chi connectivity index (χ1v) is 5.29. The molecule has 1 fully saturated rings. The highest BCUT2D eigenvalue weighted by Crippen LogP contribution is 2.44.